The lowest BCUT2D eigenvalue weighted by atomic mass is 10.1. The van der Waals surface area contributed by atoms with Crippen molar-refractivity contribution in [2.45, 2.75) is 16.3 Å². The molecule has 1 amide bonds. The van der Waals surface area contributed by atoms with Gasteiger partial charge in [0.15, 0.2) is 5.65 Å². The Hall–Kier alpha value is -4.72. The van der Waals surface area contributed by atoms with Crippen LogP contribution in [0, 0.1) is 11.6 Å². The van der Waals surface area contributed by atoms with Crippen molar-refractivity contribution in [3.05, 3.63) is 95.7 Å². The van der Waals surface area contributed by atoms with Crippen molar-refractivity contribution in [2.75, 3.05) is 86.9 Å². The Morgan fingerprint density at radius 2 is 1.43 bits per heavy atom. The zero-order chi connectivity index (χ0) is 33.9. The minimum absolute atomic E-state index is 0.311. The highest BCUT2D eigenvalue weighted by Gasteiger charge is 2.20. The molecule has 4 heterocycles. The number of benzene rings is 3. The van der Waals surface area contributed by atoms with Crippen molar-refractivity contribution in [1.82, 2.24) is 25.0 Å². The number of pyridine rings is 1. The highest BCUT2D eigenvalue weighted by atomic mass is 32.2. The van der Waals surface area contributed by atoms with E-state index in [0.29, 0.717) is 38.8 Å². The van der Waals surface area contributed by atoms with Crippen LogP contribution in [0.5, 0.6) is 0 Å². The van der Waals surface area contributed by atoms with Crippen LogP contribution in [0.3, 0.4) is 0 Å². The summed E-state index contributed by atoms with van der Waals surface area (Å²) in [6.45, 7) is 8.45. The summed E-state index contributed by atoms with van der Waals surface area (Å²) in [7, 11) is 4.29. The number of hydrogen-bond donors (Lipinski definition) is 3. The van der Waals surface area contributed by atoms with Gasteiger partial charge in [-0.2, -0.15) is 5.10 Å². The topological polar surface area (TPSA) is 95.7 Å². The first-order valence-corrected chi connectivity index (χ1v) is 17.2. The van der Waals surface area contributed by atoms with Gasteiger partial charge in [-0.15, -0.1) is 0 Å². The van der Waals surface area contributed by atoms with Gasteiger partial charge in [-0.05, 0) is 68.2 Å². The summed E-state index contributed by atoms with van der Waals surface area (Å²) < 4.78 is 27.6. The smallest absolute Gasteiger partial charge is 0.258 e. The largest absolute Gasteiger partial charge is 0.380 e. The first-order valence-electron chi connectivity index (χ1n) is 16.4. The number of nitrogens with one attached hydrogen (secondary N) is 3. The molecule has 0 unspecified atom stereocenters. The number of likely N-dealkylation sites (N-methyl/N-ethyl adjacent to an activating group) is 2. The van der Waals surface area contributed by atoms with E-state index in [0.717, 1.165) is 75.4 Å². The molecule has 49 heavy (non-hydrogen) atoms. The van der Waals surface area contributed by atoms with Crippen LogP contribution in [0.1, 0.15) is 15.9 Å². The van der Waals surface area contributed by atoms with Gasteiger partial charge in [-0.3, -0.25) is 9.89 Å². The number of nitrogens with zero attached hydrogens (tertiary/aromatic N) is 6. The normalized spacial score (nSPS) is 15.9. The number of fused-ring (bicyclic) bond motifs is 1. The minimum atomic E-state index is -0.654. The zero-order valence-corrected chi connectivity index (χ0v) is 28.4. The molecule has 0 bridgehead atoms. The molecule has 3 N–H and O–H groups in total. The predicted molar refractivity (Wildman–Crippen MR) is 192 cm³/mol. The molecule has 2 saturated heterocycles. The van der Waals surface area contributed by atoms with Crippen LogP contribution in [0.25, 0.3) is 11.0 Å². The number of halogens is 2. The van der Waals surface area contributed by atoms with Gasteiger partial charge in [0.1, 0.15) is 17.5 Å². The van der Waals surface area contributed by atoms with Crippen molar-refractivity contribution >= 4 is 51.6 Å². The van der Waals surface area contributed by atoms with Crippen LogP contribution < -0.4 is 20.4 Å². The summed E-state index contributed by atoms with van der Waals surface area (Å²) in [4.78, 5) is 28.7. The molecule has 7 rings (SSSR count). The van der Waals surface area contributed by atoms with Crippen LogP contribution in [0.4, 0.5) is 31.7 Å². The molecule has 2 aliphatic rings. The molecule has 0 spiro atoms. The molecule has 0 aliphatic carbocycles. The molecule has 2 fully saturated rings. The van der Waals surface area contributed by atoms with E-state index in [-0.39, 0.29) is 5.91 Å². The second-order valence-electron chi connectivity index (χ2n) is 12.6. The summed E-state index contributed by atoms with van der Waals surface area (Å²) in [5.74, 6) is -1.24. The van der Waals surface area contributed by atoms with Crippen molar-refractivity contribution in [2.24, 2.45) is 0 Å². The van der Waals surface area contributed by atoms with Gasteiger partial charge in [-0.1, -0.05) is 23.9 Å². The number of aromatic amines is 1. The highest BCUT2D eigenvalue weighted by Crippen LogP contribution is 2.32. The molecule has 0 saturated carbocycles. The Morgan fingerprint density at radius 3 is 2.10 bits per heavy atom. The second-order valence-corrected chi connectivity index (χ2v) is 13.8. The van der Waals surface area contributed by atoms with E-state index in [1.165, 1.54) is 29.6 Å². The third-order valence-electron chi connectivity index (χ3n) is 9.10. The van der Waals surface area contributed by atoms with E-state index >= 15 is 0 Å². The second kappa shape index (κ2) is 14.4. The molecule has 2 aliphatic heterocycles. The number of carbonyl (C=O) groups excluding carboxylic acids is 1. The number of hydrogen-bond acceptors (Lipinski definition) is 9. The summed E-state index contributed by atoms with van der Waals surface area (Å²) in [6, 6.07) is 19.7. The van der Waals surface area contributed by atoms with Gasteiger partial charge in [0.05, 0.1) is 10.9 Å². The number of anilines is 4. The lowest BCUT2D eigenvalue weighted by Gasteiger charge is -2.34. The van der Waals surface area contributed by atoms with Crippen LogP contribution in [-0.2, 0) is 6.54 Å². The third-order valence-corrected chi connectivity index (χ3v) is 10.0. The van der Waals surface area contributed by atoms with Crippen LogP contribution in [0.15, 0.2) is 82.7 Å². The Labute approximate surface area is 288 Å². The summed E-state index contributed by atoms with van der Waals surface area (Å²) in [6.07, 6.45) is 1.58. The summed E-state index contributed by atoms with van der Waals surface area (Å²) >= 11 is 1.17. The monoisotopic (exact) mass is 683 g/mol. The molecular weight excluding hydrogens is 645 g/mol. The van der Waals surface area contributed by atoms with E-state index in [1.807, 2.05) is 12.1 Å². The molecule has 2 aromatic heterocycles. The lowest BCUT2D eigenvalue weighted by molar-refractivity contribution is 0.102. The quantitative estimate of drug-likeness (QED) is 0.180. The molecular formula is C36H39F2N9OS. The maximum absolute atomic E-state index is 13.9. The number of aromatic nitrogens is 3. The molecule has 3 aromatic carbocycles. The van der Waals surface area contributed by atoms with E-state index < -0.39 is 11.6 Å². The fourth-order valence-electron chi connectivity index (χ4n) is 6.16. The van der Waals surface area contributed by atoms with Crippen molar-refractivity contribution in [3.8, 4) is 0 Å². The fraction of sp³-hybridized carbons (Fsp3) is 0.306. The van der Waals surface area contributed by atoms with E-state index in [1.54, 1.807) is 12.3 Å². The molecule has 13 heteroatoms. The average molecular weight is 684 g/mol. The number of carbonyl (C=O) groups is 1. The third kappa shape index (κ3) is 7.79. The molecule has 0 atom stereocenters. The predicted octanol–water partition coefficient (Wildman–Crippen LogP) is 5.76. The fourth-order valence-corrected chi connectivity index (χ4v) is 7.06. The first kappa shape index (κ1) is 32.8. The van der Waals surface area contributed by atoms with Gasteiger partial charge < -0.3 is 30.2 Å². The van der Waals surface area contributed by atoms with Gasteiger partial charge in [-0.25, -0.2) is 13.8 Å². The van der Waals surface area contributed by atoms with Gasteiger partial charge in [0.2, 0.25) is 0 Å². The minimum Gasteiger partial charge on any atom is -0.380 e. The SMILES string of the molecule is CN1CCN(c2ccc(CNc3cc(N4CCN(C)CC4)ccc3C(=O)Nc3[nH]nc4ncc(Sc5cc(F)cc(F)c5)cc34)cc2)CC1. The average Bonchev–Trinajstić information content (AvgIpc) is 3.49. The first-order chi connectivity index (χ1) is 23.8. The molecule has 254 valence electrons. The number of piperazine rings is 2. The van der Waals surface area contributed by atoms with E-state index in [4.69, 9.17) is 0 Å². The Bertz CT molecular complexity index is 1920. The maximum atomic E-state index is 13.9. The number of rotatable bonds is 9. The zero-order valence-electron chi connectivity index (χ0n) is 27.5. The van der Waals surface area contributed by atoms with Gasteiger partial charge in [0, 0.05) is 98.0 Å². The highest BCUT2D eigenvalue weighted by molar-refractivity contribution is 7.99. The van der Waals surface area contributed by atoms with E-state index in [9.17, 15) is 13.6 Å². The Morgan fingerprint density at radius 1 is 0.796 bits per heavy atom. The van der Waals surface area contributed by atoms with Crippen LogP contribution in [0.2, 0.25) is 0 Å². The van der Waals surface area contributed by atoms with Crippen molar-refractivity contribution in [3.63, 3.8) is 0 Å². The van der Waals surface area contributed by atoms with Crippen molar-refractivity contribution < 1.29 is 13.6 Å². The van der Waals surface area contributed by atoms with Gasteiger partial charge in [0.25, 0.3) is 5.91 Å². The Kier molecular flexibility index (Phi) is 9.65. The Balaban J connectivity index is 1.11. The molecule has 10 nitrogen and oxygen atoms in total. The lowest BCUT2D eigenvalue weighted by Crippen LogP contribution is -2.44. The van der Waals surface area contributed by atoms with Crippen molar-refractivity contribution in [1.29, 1.82) is 0 Å². The summed E-state index contributed by atoms with van der Waals surface area (Å²) in [5.41, 5.74) is 5.02. The molecule has 5 aromatic rings. The van der Waals surface area contributed by atoms with E-state index in [2.05, 4.69) is 89.8 Å². The van der Waals surface area contributed by atoms with Crippen LogP contribution >= 0.6 is 11.8 Å². The van der Waals surface area contributed by atoms with Gasteiger partial charge >= 0.3 is 0 Å². The maximum Gasteiger partial charge on any atom is 0.258 e. The number of amides is 1. The molecule has 0 radical (unpaired) electrons. The summed E-state index contributed by atoms with van der Waals surface area (Å²) in [5, 5.41) is 14.3. The standard InChI is InChI=1S/C36H39F2N9OS/c1-44-9-13-46(14-10-44)27-5-3-24(4-6-27)22-39-33-20-28(47-15-11-45(2)12-16-47)7-8-31(33)36(48)41-35-32-21-30(23-40-34(32)42-43-35)49-29-18-25(37)17-26(38)19-29/h3-8,17-21,23,39H,9-16,22H2,1-2H3,(H2,40,41,42,43,48). The van der Waals surface area contributed by atoms with Crippen LogP contribution in [-0.4, -0.2) is 97.3 Å². The number of H-pyrrole nitrogens is 1.